The minimum atomic E-state index is 1.09. The van der Waals surface area contributed by atoms with Crippen LogP contribution in [0.5, 0.6) is 0 Å². The first-order valence-electron chi connectivity index (χ1n) is 5.91. The third-order valence-corrected chi connectivity index (χ3v) is 2.98. The maximum absolute atomic E-state index is 3.94. The summed E-state index contributed by atoms with van der Waals surface area (Å²) in [4.78, 5) is 0. The van der Waals surface area contributed by atoms with Gasteiger partial charge in [0.2, 0.25) is 0 Å². The van der Waals surface area contributed by atoms with Crippen molar-refractivity contribution < 1.29 is 0 Å². The van der Waals surface area contributed by atoms with Gasteiger partial charge < -0.3 is 0 Å². The first kappa shape index (κ1) is 11.7. The highest BCUT2D eigenvalue weighted by atomic mass is 14.1. The Balaban J connectivity index is 2.62. The van der Waals surface area contributed by atoms with Crippen LogP contribution in [0.4, 0.5) is 0 Å². The topological polar surface area (TPSA) is 0 Å². The molecule has 0 spiro atoms. The molecule has 0 aromatic heterocycles. The second-order valence-corrected chi connectivity index (χ2v) is 4.69. The van der Waals surface area contributed by atoms with Crippen LogP contribution in [-0.2, 0) is 0 Å². The maximum atomic E-state index is 3.94. The Morgan fingerprint density at radius 3 is 2.24 bits per heavy atom. The number of allylic oxidation sites excluding steroid dienone is 3. The zero-order valence-electron chi connectivity index (χ0n) is 10.7. The smallest absolute Gasteiger partial charge is 0.0178 e. The molecule has 2 aromatic carbocycles. The fraction of sp³-hybridized carbons (Fsp3) is 0.176. The number of rotatable bonds is 2. The molecule has 2 rings (SSSR count). The number of fused-ring (bicyclic) bond motifs is 1. The van der Waals surface area contributed by atoms with Crippen LogP contribution in [-0.4, -0.2) is 0 Å². The van der Waals surface area contributed by atoms with Gasteiger partial charge in [0.25, 0.3) is 0 Å². The SMILES string of the molecule is C=C(C)/C=C(/C)c1cc2ccccc2cc1C. The van der Waals surface area contributed by atoms with Crippen molar-refractivity contribution in [1.29, 1.82) is 0 Å². The molecule has 0 heteroatoms. The normalized spacial score (nSPS) is 11.8. The van der Waals surface area contributed by atoms with Gasteiger partial charge in [0.05, 0.1) is 0 Å². The summed E-state index contributed by atoms with van der Waals surface area (Å²) >= 11 is 0. The van der Waals surface area contributed by atoms with Gasteiger partial charge in [0, 0.05) is 0 Å². The summed E-state index contributed by atoms with van der Waals surface area (Å²) < 4.78 is 0. The lowest BCUT2D eigenvalue weighted by Crippen LogP contribution is -1.87. The van der Waals surface area contributed by atoms with Gasteiger partial charge in [-0.25, -0.2) is 0 Å². The average molecular weight is 222 g/mol. The molecule has 0 radical (unpaired) electrons. The summed E-state index contributed by atoms with van der Waals surface area (Å²) in [5, 5.41) is 2.60. The van der Waals surface area contributed by atoms with Crippen LogP contribution in [0.15, 0.2) is 54.6 Å². The highest BCUT2D eigenvalue weighted by molar-refractivity contribution is 5.87. The van der Waals surface area contributed by atoms with Crippen LogP contribution in [0.2, 0.25) is 0 Å². The van der Waals surface area contributed by atoms with E-state index in [0.717, 1.165) is 5.57 Å². The zero-order valence-corrected chi connectivity index (χ0v) is 10.7. The lowest BCUT2D eigenvalue weighted by molar-refractivity contribution is 1.42. The Morgan fingerprint density at radius 1 is 1.06 bits per heavy atom. The summed E-state index contributed by atoms with van der Waals surface area (Å²) in [6.45, 7) is 10.3. The van der Waals surface area contributed by atoms with Crippen LogP contribution in [0.3, 0.4) is 0 Å². The van der Waals surface area contributed by atoms with Gasteiger partial charge in [0.15, 0.2) is 0 Å². The molecule has 0 aliphatic carbocycles. The lowest BCUT2D eigenvalue weighted by Gasteiger charge is -2.09. The standard InChI is InChI=1S/C17H18/c1-12(2)9-13(3)17-11-16-8-6-5-7-15(16)10-14(17)4/h5-11H,1H2,2-4H3/b13-9-. The van der Waals surface area contributed by atoms with Crippen LogP contribution >= 0.6 is 0 Å². The number of benzene rings is 2. The van der Waals surface area contributed by atoms with Gasteiger partial charge in [-0.05, 0) is 54.3 Å². The van der Waals surface area contributed by atoms with E-state index in [9.17, 15) is 0 Å². The van der Waals surface area contributed by atoms with Crippen molar-refractivity contribution in [3.05, 3.63) is 65.8 Å². The Kier molecular flexibility index (Phi) is 3.14. The summed E-state index contributed by atoms with van der Waals surface area (Å²) in [5.74, 6) is 0. The number of hydrogen-bond donors (Lipinski definition) is 0. The minimum absolute atomic E-state index is 1.09. The van der Waals surface area contributed by atoms with Crippen molar-refractivity contribution in [3.8, 4) is 0 Å². The van der Waals surface area contributed by atoms with E-state index in [4.69, 9.17) is 0 Å². The molecular formula is C17H18. The van der Waals surface area contributed by atoms with E-state index < -0.39 is 0 Å². The predicted octanol–water partition coefficient (Wildman–Crippen LogP) is 5.13. The van der Waals surface area contributed by atoms with Gasteiger partial charge in [-0.2, -0.15) is 0 Å². The molecule has 0 N–H and O–H groups in total. The van der Waals surface area contributed by atoms with Crippen molar-refractivity contribution in [3.63, 3.8) is 0 Å². The minimum Gasteiger partial charge on any atom is -0.0961 e. The molecule has 0 atom stereocenters. The Morgan fingerprint density at radius 2 is 1.65 bits per heavy atom. The molecule has 17 heavy (non-hydrogen) atoms. The van der Waals surface area contributed by atoms with Crippen LogP contribution in [0.1, 0.15) is 25.0 Å². The van der Waals surface area contributed by atoms with Gasteiger partial charge >= 0.3 is 0 Å². The highest BCUT2D eigenvalue weighted by Crippen LogP contribution is 2.25. The fourth-order valence-corrected chi connectivity index (χ4v) is 2.23. The number of hydrogen-bond acceptors (Lipinski definition) is 0. The molecule has 0 saturated carbocycles. The molecule has 0 aliphatic rings. The highest BCUT2D eigenvalue weighted by Gasteiger charge is 2.03. The summed E-state index contributed by atoms with van der Waals surface area (Å²) in [6, 6.07) is 13.0. The Labute approximate surface area is 103 Å². The molecular weight excluding hydrogens is 204 g/mol. The second-order valence-electron chi connectivity index (χ2n) is 4.69. The summed E-state index contributed by atoms with van der Waals surface area (Å²) in [6.07, 6.45) is 2.14. The van der Waals surface area contributed by atoms with E-state index >= 15 is 0 Å². The largest absolute Gasteiger partial charge is 0.0961 e. The van der Waals surface area contributed by atoms with E-state index in [1.54, 1.807) is 0 Å². The van der Waals surface area contributed by atoms with Gasteiger partial charge in [-0.1, -0.05) is 48.6 Å². The van der Waals surface area contributed by atoms with Crippen LogP contribution < -0.4 is 0 Å². The zero-order chi connectivity index (χ0) is 12.4. The molecule has 0 amide bonds. The third kappa shape index (κ3) is 2.47. The Bertz CT molecular complexity index is 600. The van der Waals surface area contributed by atoms with E-state index in [2.05, 4.69) is 62.9 Å². The van der Waals surface area contributed by atoms with Crippen molar-refractivity contribution in [1.82, 2.24) is 0 Å². The maximum Gasteiger partial charge on any atom is -0.0178 e. The molecule has 0 unspecified atom stereocenters. The van der Waals surface area contributed by atoms with Crippen molar-refractivity contribution in [2.24, 2.45) is 0 Å². The average Bonchev–Trinajstić information content (AvgIpc) is 2.27. The quantitative estimate of drug-likeness (QED) is 0.618. The molecule has 2 aromatic rings. The number of aryl methyl sites for hydroxylation is 1. The molecule has 0 heterocycles. The van der Waals surface area contributed by atoms with E-state index in [1.807, 2.05) is 6.92 Å². The van der Waals surface area contributed by atoms with E-state index in [-0.39, 0.29) is 0 Å². The monoisotopic (exact) mass is 222 g/mol. The summed E-state index contributed by atoms with van der Waals surface area (Å²) in [7, 11) is 0. The lowest BCUT2D eigenvalue weighted by atomic mass is 9.96. The van der Waals surface area contributed by atoms with Gasteiger partial charge in [0.1, 0.15) is 0 Å². The molecule has 0 aliphatic heterocycles. The van der Waals surface area contributed by atoms with Crippen molar-refractivity contribution >= 4 is 16.3 Å². The van der Waals surface area contributed by atoms with E-state index in [1.165, 1.54) is 27.5 Å². The van der Waals surface area contributed by atoms with Crippen LogP contribution in [0.25, 0.3) is 16.3 Å². The first-order valence-corrected chi connectivity index (χ1v) is 5.91. The first-order chi connectivity index (χ1) is 8.08. The molecule has 0 saturated heterocycles. The van der Waals surface area contributed by atoms with Gasteiger partial charge in [-0.15, -0.1) is 0 Å². The third-order valence-electron chi connectivity index (χ3n) is 2.98. The predicted molar refractivity (Wildman–Crippen MR) is 77.2 cm³/mol. The molecule has 0 nitrogen and oxygen atoms in total. The molecule has 0 bridgehead atoms. The van der Waals surface area contributed by atoms with Crippen LogP contribution in [0, 0.1) is 6.92 Å². The Hall–Kier alpha value is -1.82. The van der Waals surface area contributed by atoms with Crippen molar-refractivity contribution in [2.75, 3.05) is 0 Å². The summed E-state index contributed by atoms with van der Waals surface area (Å²) in [5.41, 5.74) is 5.00. The van der Waals surface area contributed by atoms with Gasteiger partial charge in [-0.3, -0.25) is 0 Å². The molecule has 0 fully saturated rings. The second kappa shape index (κ2) is 4.58. The fourth-order valence-electron chi connectivity index (χ4n) is 2.23. The van der Waals surface area contributed by atoms with Crippen molar-refractivity contribution in [2.45, 2.75) is 20.8 Å². The van der Waals surface area contributed by atoms with E-state index in [0.29, 0.717) is 0 Å². The molecule has 86 valence electrons.